The molecule has 3 heterocycles. The second kappa shape index (κ2) is 6.15. The van der Waals surface area contributed by atoms with Crippen LogP contribution in [0.5, 0.6) is 0 Å². The van der Waals surface area contributed by atoms with E-state index >= 15 is 0 Å². The molecule has 3 rings (SSSR count). The van der Waals surface area contributed by atoms with Gasteiger partial charge in [0.15, 0.2) is 5.65 Å². The van der Waals surface area contributed by atoms with Gasteiger partial charge in [-0.3, -0.25) is 14.6 Å². The molecule has 0 aliphatic carbocycles. The van der Waals surface area contributed by atoms with E-state index in [9.17, 15) is 4.79 Å². The van der Waals surface area contributed by atoms with Gasteiger partial charge in [-0.05, 0) is 26.5 Å². The molecule has 0 radical (unpaired) electrons. The first kappa shape index (κ1) is 14.5. The van der Waals surface area contributed by atoms with Crippen molar-refractivity contribution in [3.05, 3.63) is 52.3 Å². The fourth-order valence-electron chi connectivity index (χ4n) is 2.53. The lowest BCUT2D eigenvalue weighted by Gasteiger charge is -2.15. The molecule has 0 bridgehead atoms. The van der Waals surface area contributed by atoms with Gasteiger partial charge >= 0.3 is 0 Å². The SMILES string of the molecule is Cc1cc2nc(CN(C)CCCn3cccn3)cc(=O)n2[nH]1. The molecule has 0 aliphatic rings. The van der Waals surface area contributed by atoms with Crippen LogP contribution in [0.3, 0.4) is 0 Å². The van der Waals surface area contributed by atoms with Crippen LogP contribution in [0, 0.1) is 6.92 Å². The molecule has 0 atom stereocenters. The number of aryl methyl sites for hydroxylation is 2. The molecule has 0 saturated heterocycles. The van der Waals surface area contributed by atoms with Crippen molar-refractivity contribution in [2.75, 3.05) is 13.6 Å². The molecule has 7 heteroatoms. The predicted octanol–water partition coefficient (Wildman–Crippen LogP) is 1.05. The van der Waals surface area contributed by atoms with Crippen LogP contribution >= 0.6 is 0 Å². The van der Waals surface area contributed by atoms with Crippen LogP contribution in [0.4, 0.5) is 0 Å². The van der Waals surface area contributed by atoms with E-state index < -0.39 is 0 Å². The molecule has 0 amide bonds. The number of aromatic nitrogens is 5. The minimum Gasteiger partial charge on any atom is -0.300 e. The van der Waals surface area contributed by atoms with Gasteiger partial charge in [0, 0.05) is 49.9 Å². The van der Waals surface area contributed by atoms with Gasteiger partial charge in [-0.25, -0.2) is 9.50 Å². The molecule has 0 saturated carbocycles. The van der Waals surface area contributed by atoms with Crippen molar-refractivity contribution in [3.8, 4) is 0 Å². The molecule has 7 nitrogen and oxygen atoms in total. The molecule has 0 unspecified atom stereocenters. The zero-order chi connectivity index (χ0) is 15.5. The highest BCUT2D eigenvalue weighted by atomic mass is 16.1. The first-order valence-corrected chi connectivity index (χ1v) is 7.36. The fourth-order valence-corrected chi connectivity index (χ4v) is 2.53. The summed E-state index contributed by atoms with van der Waals surface area (Å²) in [5.41, 5.74) is 2.32. The van der Waals surface area contributed by atoms with Gasteiger partial charge in [-0.1, -0.05) is 0 Å². The number of rotatable bonds is 6. The van der Waals surface area contributed by atoms with E-state index in [-0.39, 0.29) is 5.56 Å². The van der Waals surface area contributed by atoms with Gasteiger partial charge < -0.3 is 4.90 Å². The third-order valence-electron chi connectivity index (χ3n) is 3.55. The van der Waals surface area contributed by atoms with Crippen molar-refractivity contribution in [1.29, 1.82) is 0 Å². The summed E-state index contributed by atoms with van der Waals surface area (Å²) in [5.74, 6) is 0. The zero-order valence-electron chi connectivity index (χ0n) is 12.9. The van der Waals surface area contributed by atoms with Gasteiger partial charge in [-0.2, -0.15) is 5.10 Å². The Morgan fingerprint density at radius 2 is 2.23 bits per heavy atom. The Kier molecular flexibility index (Phi) is 4.06. The molecular formula is C15H20N6O. The van der Waals surface area contributed by atoms with E-state index in [0.29, 0.717) is 12.2 Å². The van der Waals surface area contributed by atoms with E-state index in [4.69, 9.17) is 0 Å². The van der Waals surface area contributed by atoms with Crippen molar-refractivity contribution in [1.82, 2.24) is 29.3 Å². The third-order valence-corrected chi connectivity index (χ3v) is 3.55. The van der Waals surface area contributed by atoms with Crippen molar-refractivity contribution < 1.29 is 0 Å². The standard InChI is InChI=1S/C15H20N6O/c1-12-9-14-17-13(10-15(22)21(14)18-12)11-19(2)6-4-8-20-7-3-5-16-20/h3,5,7,9-10,18H,4,6,8,11H2,1-2H3. The fraction of sp³-hybridized carbons (Fsp3) is 0.400. The normalized spacial score (nSPS) is 11.6. The van der Waals surface area contributed by atoms with Gasteiger partial charge in [-0.15, -0.1) is 0 Å². The highest BCUT2D eigenvalue weighted by Crippen LogP contribution is 2.04. The van der Waals surface area contributed by atoms with Crippen LogP contribution in [0.2, 0.25) is 0 Å². The highest BCUT2D eigenvalue weighted by Gasteiger charge is 2.07. The number of H-pyrrole nitrogens is 1. The summed E-state index contributed by atoms with van der Waals surface area (Å²) in [6.07, 6.45) is 4.75. The number of nitrogens with zero attached hydrogens (tertiary/aromatic N) is 5. The van der Waals surface area contributed by atoms with E-state index in [1.165, 1.54) is 4.52 Å². The summed E-state index contributed by atoms with van der Waals surface area (Å²) < 4.78 is 3.39. The molecule has 1 N–H and O–H groups in total. The van der Waals surface area contributed by atoms with Crippen LogP contribution in [-0.4, -0.2) is 42.9 Å². The Labute approximate surface area is 128 Å². The Morgan fingerprint density at radius 3 is 3.00 bits per heavy atom. The molecule has 3 aromatic rings. The summed E-state index contributed by atoms with van der Waals surface area (Å²) in [5, 5.41) is 7.16. The van der Waals surface area contributed by atoms with Crippen LogP contribution in [0.25, 0.3) is 5.65 Å². The predicted molar refractivity (Wildman–Crippen MR) is 83.7 cm³/mol. The van der Waals surface area contributed by atoms with Gasteiger partial charge in [0.25, 0.3) is 5.56 Å². The molecule has 0 spiro atoms. The maximum atomic E-state index is 12.0. The lowest BCUT2D eigenvalue weighted by molar-refractivity contribution is 0.308. The molecule has 22 heavy (non-hydrogen) atoms. The van der Waals surface area contributed by atoms with Crippen molar-refractivity contribution in [3.63, 3.8) is 0 Å². The molecular weight excluding hydrogens is 280 g/mol. The van der Waals surface area contributed by atoms with Crippen molar-refractivity contribution >= 4 is 5.65 Å². The van der Waals surface area contributed by atoms with Crippen molar-refractivity contribution in [2.24, 2.45) is 0 Å². The number of fused-ring (bicyclic) bond motifs is 1. The monoisotopic (exact) mass is 300 g/mol. The van der Waals surface area contributed by atoms with E-state index in [2.05, 4.69) is 20.1 Å². The molecule has 0 aliphatic heterocycles. The summed E-state index contributed by atoms with van der Waals surface area (Å²) >= 11 is 0. The van der Waals surface area contributed by atoms with E-state index in [1.54, 1.807) is 12.3 Å². The summed E-state index contributed by atoms with van der Waals surface area (Å²) in [7, 11) is 2.04. The zero-order valence-corrected chi connectivity index (χ0v) is 12.9. The lowest BCUT2D eigenvalue weighted by Crippen LogP contribution is -2.23. The number of nitrogens with one attached hydrogen (secondary N) is 1. The number of hydrogen-bond acceptors (Lipinski definition) is 4. The molecule has 3 aromatic heterocycles. The van der Waals surface area contributed by atoms with Gasteiger partial charge in [0.2, 0.25) is 0 Å². The maximum Gasteiger partial charge on any atom is 0.272 e. The van der Waals surface area contributed by atoms with Crippen LogP contribution in [-0.2, 0) is 13.1 Å². The number of aromatic amines is 1. The van der Waals surface area contributed by atoms with E-state index in [1.807, 2.05) is 37.0 Å². The van der Waals surface area contributed by atoms with Gasteiger partial charge in [0.05, 0.1) is 5.69 Å². The minimum absolute atomic E-state index is 0.0713. The Hall–Kier alpha value is -2.41. The second-order valence-corrected chi connectivity index (χ2v) is 5.58. The number of hydrogen-bond donors (Lipinski definition) is 1. The second-order valence-electron chi connectivity index (χ2n) is 5.58. The molecule has 0 fully saturated rings. The first-order chi connectivity index (χ1) is 10.6. The first-order valence-electron chi connectivity index (χ1n) is 7.36. The summed E-state index contributed by atoms with van der Waals surface area (Å²) in [4.78, 5) is 18.7. The van der Waals surface area contributed by atoms with Crippen LogP contribution in [0.15, 0.2) is 35.4 Å². The Balaban J connectivity index is 1.61. The quantitative estimate of drug-likeness (QED) is 0.738. The smallest absolute Gasteiger partial charge is 0.272 e. The van der Waals surface area contributed by atoms with Crippen molar-refractivity contribution in [2.45, 2.75) is 26.4 Å². The van der Waals surface area contributed by atoms with E-state index in [0.717, 1.165) is 30.9 Å². The molecule has 0 aromatic carbocycles. The topological polar surface area (TPSA) is 71.2 Å². The summed E-state index contributed by atoms with van der Waals surface area (Å²) in [6.45, 7) is 4.39. The third kappa shape index (κ3) is 3.25. The lowest BCUT2D eigenvalue weighted by atomic mass is 10.3. The van der Waals surface area contributed by atoms with Crippen LogP contribution < -0.4 is 5.56 Å². The maximum absolute atomic E-state index is 12.0. The van der Waals surface area contributed by atoms with Gasteiger partial charge in [0.1, 0.15) is 0 Å². The molecule has 116 valence electrons. The Bertz CT molecular complexity index is 801. The minimum atomic E-state index is -0.0713. The average molecular weight is 300 g/mol. The highest BCUT2D eigenvalue weighted by molar-refractivity contribution is 5.39. The van der Waals surface area contributed by atoms with Crippen LogP contribution in [0.1, 0.15) is 17.8 Å². The summed E-state index contributed by atoms with van der Waals surface area (Å²) in [6, 6.07) is 5.39. The average Bonchev–Trinajstić information content (AvgIpc) is 3.08. The largest absolute Gasteiger partial charge is 0.300 e. The Morgan fingerprint density at radius 1 is 1.36 bits per heavy atom.